The Morgan fingerprint density at radius 2 is 1.45 bits per heavy atom. The van der Waals surface area contributed by atoms with Crippen LogP contribution in [-0.2, 0) is 6.54 Å². The maximum atomic E-state index is 3.79. The van der Waals surface area contributed by atoms with Gasteiger partial charge in [-0.15, -0.1) is 0 Å². The van der Waals surface area contributed by atoms with Crippen LogP contribution in [0.1, 0.15) is 62.0 Å². The van der Waals surface area contributed by atoms with E-state index in [0.717, 1.165) is 42.1 Å². The third-order valence-electron chi connectivity index (χ3n) is 7.16. The minimum absolute atomic E-state index is 0.884. The second-order valence-corrected chi connectivity index (χ2v) is 8.74. The minimum atomic E-state index is 0.884. The summed E-state index contributed by atoms with van der Waals surface area (Å²) in [6, 6.07) is 9.41. The van der Waals surface area contributed by atoms with Crippen LogP contribution in [0.5, 0.6) is 0 Å². The van der Waals surface area contributed by atoms with E-state index >= 15 is 0 Å². The summed E-state index contributed by atoms with van der Waals surface area (Å²) in [7, 11) is 0. The van der Waals surface area contributed by atoms with Crippen LogP contribution in [0.15, 0.2) is 24.3 Å². The van der Waals surface area contributed by atoms with Crippen LogP contribution in [0.2, 0.25) is 0 Å². The zero-order valence-corrected chi connectivity index (χ0v) is 13.6. The lowest BCUT2D eigenvalue weighted by atomic mass is 9.52. The highest BCUT2D eigenvalue weighted by atomic mass is 14.9. The number of hydrogen-bond acceptors (Lipinski definition) is 1. The van der Waals surface area contributed by atoms with Crippen molar-refractivity contribution in [3.05, 3.63) is 35.4 Å². The van der Waals surface area contributed by atoms with Gasteiger partial charge in [-0.05, 0) is 98.1 Å². The quantitative estimate of drug-likeness (QED) is 0.828. The smallest absolute Gasteiger partial charge is 0.0205 e. The van der Waals surface area contributed by atoms with Crippen LogP contribution in [0.4, 0.5) is 0 Å². The zero-order valence-electron chi connectivity index (χ0n) is 13.6. The van der Waals surface area contributed by atoms with E-state index in [-0.39, 0.29) is 0 Å². The summed E-state index contributed by atoms with van der Waals surface area (Å²) in [5, 5.41) is 3.79. The summed E-state index contributed by atoms with van der Waals surface area (Å²) in [5.74, 6) is 6.19. The molecule has 1 heteroatoms. The summed E-state index contributed by atoms with van der Waals surface area (Å²) in [6.07, 6.45) is 10.6. The summed E-state index contributed by atoms with van der Waals surface area (Å²) in [5.41, 5.74) is 3.03. The Balaban J connectivity index is 1.16. The molecule has 1 N–H and O–H groups in total. The molecular weight excluding hydrogens is 266 g/mol. The molecule has 5 aliphatic carbocycles. The molecule has 0 aliphatic heterocycles. The molecular formula is C21H29N. The summed E-state index contributed by atoms with van der Waals surface area (Å²) in [4.78, 5) is 0. The van der Waals surface area contributed by atoms with Crippen molar-refractivity contribution >= 4 is 0 Å². The molecule has 4 bridgehead atoms. The van der Waals surface area contributed by atoms with Crippen molar-refractivity contribution in [1.29, 1.82) is 0 Å². The van der Waals surface area contributed by atoms with Gasteiger partial charge in [0.2, 0.25) is 0 Å². The average Bonchev–Trinajstić information content (AvgIpc) is 3.35. The lowest BCUT2D eigenvalue weighted by Crippen LogP contribution is -2.48. The fraction of sp³-hybridized carbons (Fsp3) is 0.714. The number of nitrogens with one attached hydrogen (secondary N) is 1. The average molecular weight is 295 g/mol. The first-order chi connectivity index (χ1) is 10.8. The van der Waals surface area contributed by atoms with Gasteiger partial charge in [0.25, 0.3) is 0 Å². The zero-order chi connectivity index (χ0) is 14.5. The fourth-order valence-corrected chi connectivity index (χ4v) is 6.08. The van der Waals surface area contributed by atoms with Gasteiger partial charge in [-0.3, -0.25) is 0 Å². The van der Waals surface area contributed by atoms with E-state index in [1.807, 2.05) is 0 Å². The molecule has 6 rings (SSSR count). The Morgan fingerprint density at radius 3 is 2.05 bits per heavy atom. The van der Waals surface area contributed by atoms with E-state index in [1.54, 1.807) is 37.7 Å². The van der Waals surface area contributed by atoms with Gasteiger partial charge in [-0.25, -0.2) is 0 Å². The highest BCUT2D eigenvalue weighted by Crippen LogP contribution is 2.56. The molecule has 0 aromatic heterocycles. The molecule has 118 valence electrons. The number of benzene rings is 1. The van der Waals surface area contributed by atoms with Crippen LogP contribution in [-0.4, -0.2) is 6.54 Å². The Bertz CT molecular complexity index is 499. The van der Waals surface area contributed by atoms with E-state index in [4.69, 9.17) is 0 Å². The molecule has 5 fully saturated rings. The molecule has 1 aromatic rings. The van der Waals surface area contributed by atoms with Crippen LogP contribution in [0.3, 0.4) is 0 Å². The molecule has 0 amide bonds. The lowest BCUT2D eigenvalue weighted by molar-refractivity contribution is -0.0355. The van der Waals surface area contributed by atoms with Gasteiger partial charge in [0.05, 0.1) is 0 Å². The predicted molar refractivity (Wildman–Crippen MR) is 90.7 cm³/mol. The van der Waals surface area contributed by atoms with Gasteiger partial charge in [0.15, 0.2) is 0 Å². The molecule has 0 heterocycles. The van der Waals surface area contributed by atoms with Crippen LogP contribution in [0.25, 0.3) is 0 Å². The molecule has 22 heavy (non-hydrogen) atoms. The highest BCUT2D eigenvalue weighted by molar-refractivity contribution is 5.27. The molecule has 0 unspecified atom stereocenters. The van der Waals surface area contributed by atoms with Crippen molar-refractivity contribution in [3.63, 3.8) is 0 Å². The van der Waals surface area contributed by atoms with Gasteiger partial charge < -0.3 is 5.32 Å². The topological polar surface area (TPSA) is 12.0 Å². The number of hydrogen-bond donors (Lipinski definition) is 1. The Hall–Kier alpha value is -0.820. The summed E-state index contributed by atoms with van der Waals surface area (Å²) < 4.78 is 0. The Morgan fingerprint density at radius 1 is 0.818 bits per heavy atom. The van der Waals surface area contributed by atoms with E-state index in [1.165, 1.54) is 24.9 Å². The maximum absolute atomic E-state index is 3.79. The predicted octanol–water partition coefficient (Wildman–Crippen LogP) is 4.73. The largest absolute Gasteiger partial charge is 0.312 e. The van der Waals surface area contributed by atoms with E-state index in [2.05, 4.69) is 29.6 Å². The first kappa shape index (κ1) is 13.6. The second-order valence-electron chi connectivity index (χ2n) is 8.74. The van der Waals surface area contributed by atoms with E-state index in [9.17, 15) is 0 Å². The third kappa shape index (κ3) is 2.52. The lowest BCUT2D eigenvalue weighted by Gasteiger charge is -2.54. The minimum Gasteiger partial charge on any atom is -0.312 e. The van der Waals surface area contributed by atoms with Crippen molar-refractivity contribution < 1.29 is 0 Å². The monoisotopic (exact) mass is 295 g/mol. The third-order valence-corrected chi connectivity index (χ3v) is 7.16. The normalized spacial score (nSPS) is 39.4. The Labute approximate surface area is 134 Å². The van der Waals surface area contributed by atoms with Gasteiger partial charge in [0.1, 0.15) is 0 Å². The molecule has 0 saturated heterocycles. The van der Waals surface area contributed by atoms with E-state index in [0.29, 0.717) is 0 Å². The van der Waals surface area contributed by atoms with Gasteiger partial charge in [-0.2, -0.15) is 0 Å². The molecule has 0 spiro atoms. The first-order valence-electron chi connectivity index (χ1n) is 9.64. The Kier molecular flexibility index (Phi) is 3.32. The molecule has 5 saturated carbocycles. The standard InChI is InChI=1S/C21H29N/c1-3-17(18-5-6-18)4-2-14(1)12-22-13-21-19-8-15-7-16(10-19)11-20(21)9-15/h1-4,15-16,18-22H,5-13H2. The van der Waals surface area contributed by atoms with Crippen LogP contribution < -0.4 is 5.32 Å². The fourth-order valence-electron chi connectivity index (χ4n) is 6.08. The first-order valence-corrected chi connectivity index (χ1v) is 9.64. The van der Waals surface area contributed by atoms with Crippen molar-refractivity contribution in [2.75, 3.05) is 6.54 Å². The number of rotatable bonds is 5. The van der Waals surface area contributed by atoms with Crippen LogP contribution in [0, 0.1) is 29.6 Å². The van der Waals surface area contributed by atoms with Crippen molar-refractivity contribution in [2.24, 2.45) is 29.6 Å². The van der Waals surface area contributed by atoms with E-state index < -0.39 is 0 Å². The summed E-state index contributed by atoms with van der Waals surface area (Å²) in [6.45, 7) is 2.33. The van der Waals surface area contributed by atoms with Crippen molar-refractivity contribution in [2.45, 2.75) is 57.4 Å². The molecule has 1 aromatic carbocycles. The van der Waals surface area contributed by atoms with Crippen molar-refractivity contribution in [1.82, 2.24) is 5.32 Å². The maximum Gasteiger partial charge on any atom is 0.0205 e. The molecule has 1 nitrogen and oxygen atoms in total. The van der Waals surface area contributed by atoms with Crippen molar-refractivity contribution in [3.8, 4) is 0 Å². The van der Waals surface area contributed by atoms with Gasteiger partial charge in [-0.1, -0.05) is 24.3 Å². The molecule has 0 radical (unpaired) electrons. The SMILES string of the molecule is c1cc(C2CC2)ccc1CNCC1C2CC3CC(C2)CC1C3. The molecule has 0 atom stereocenters. The van der Waals surface area contributed by atoms with Gasteiger partial charge >= 0.3 is 0 Å². The molecule has 5 aliphatic rings. The van der Waals surface area contributed by atoms with Crippen LogP contribution >= 0.6 is 0 Å². The second kappa shape index (κ2) is 5.37. The summed E-state index contributed by atoms with van der Waals surface area (Å²) >= 11 is 0. The van der Waals surface area contributed by atoms with Gasteiger partial charge in [0, 0.05) is 6.54 Å². The highest BCUT2D eigenvalue weighted by Gasteiger charge is 2.47.